The van der Waals surface area contributed by atoms with Crippen molar-refractivity contribution < 1.29 is 4.74 Å². The lowest BCUT2D eigenvalue weighted by molar-refractivity contribution is -0.114. The average Bonchev–Trinajstić information content (AvgIpc) is 2.42. The van der Waals surface area contributed by atoms with Crippen molar-refractivity contribution in [3.63, 3.8) is 0 Å². The summed E-state index contributed by atoms with van der Waals surface area (Å²) in [6.07, 6.45) is 7.13. The first-order chi connectivity index (χ1) is 9.14. The molecule has 1 saturated heterocycles. The van der Waals surface area contributed by atoms with Crippen LogP contribution in [0.1, 0.15) is 52.9 Å². The van der Waals surface area contributed by atoms with Gasteiger partial charge < -0.3 is 15.4 Å². The van der Waals surface area contributed by atoms with E-state index in [1.54, 1.807) is 0 Å². The van der Waals surface area contributed by atoms with Crippen molar-refractivity contribution in [2.24, 2.45) is 11.3 Å². The molecule has 0 bridgehead atoms. The normalized spacial score (nSPS) is 33.9. The van der Waals surface area contributed by atoms with Gasteiger partial charge in [0.05, 0.1) is 6.10 Å². The summed E-state index contributed by atoms with van der Waals surface area (Å²) in [4.78, 5) is 0. The second-order valence-corrected chi connectivity index (χ2v) is 6.86. The summed E-state index contributed by atoms with van der Waals surface area (Å²) < 4.78 is 5.78. The summed E-state index contributed by atoms with van der Waals surface area (Å²) in [6, 6.07) is 0.647. The zero-order valence-electron chi connectivity index (χ0n) is 13.0. The minimum Gasteiger partial charge on any atom is -0.378 e. The Morgan fingerprint density at radius 1 is 1.37 bits per heavy atom. The van der Waals surface area contributed by atoms with E-state index in [1.807, 2.05) is 0 Å². The second-order valence-electron chi connectivity index (χ2n) is 6.86. The summed E-state index contributed by atoms with van der Waals surface area (Å²) in [5, 5.41) is 7.24. The van der Waals surface area contributed by atoms with Gasteiger partial charge in [-0.25, -0.2) is 0 Å². The molecule has 0 aromatic carbocycles. The molecule has 2 aliphatic rings. The van der Waals surface area contributed by atoms with Crippen LogP contribution in [0.5, 0.6) is 0 Å². The fourth-order valence-electron chi connectivity index (χ4n) is 3.55. The molecular formula is C16H32N2O. The molecule has 19 heavy (non-hydrogen) atoms. The first kappa shape index (κ1) is 15.3. The lowest BCUT2D eigenvalue weighted by atomic mass is 9.64. The Kier molecular flexibility index (Phi) is 5.67. The maximum atomic E-state index is 5.78. The third-order valence-corrected chi connectivity index (χ3v) is 5.12. The highest BCUT2D eigenvalue weighted by Crippen LogP contribution is 2.42. The van der Waals surface area contributed by atoms with Gasteiger partial charge in [0.1, 0.15) is 0 Å². The standard InChI is InChI=1S/C16H32N2O/c1-4-19-15-11-14(16(15,2)3)18-10-6-8-13-7-5-9-17-12-13/h13-15,17-18H,4-12H2,1-3H3. The van der Waals surface area contributed by atoms with Crippen LogP contribution in [0, 0.1) is 11.3 Å². The summed E-state index contributed by atoms with van der Waals surface area (Å²) in [5.74, 6) is 0.918. The number of piperidine rings is 1. The Bertz CT molecular complexity index is 261. The molecule has 3 nitrogen and oxygen atoms in total. The van der Waals surface area contributed by atoms with Crippen molar-refractivity contribution in [3.05, 3.63) is 0 Å². The van der Waals surface area contributed by atoms with E-state index in [4.69, 9.17) is 4.74 Å². The summed E-state index contributed by atoms with van der Waals surface area (Å²) in [7, 11) is 0. The Morgan fingerprint density at radius 2 is 2.21 bits per heavy atom. The van der Waals surface area contributed by atoms with Crippen molar-refractivity contribution in [2.45, 2.75) is 65.0 Å². The molecule has 1 saturated carbocycles. The van der Waals surface area contributed by atoms with E-state index in [0.717, 1.165) is 12.5 Å². The molecule has 2 fully saturated rings. The highest BCUT2D eigenvalue weighted by atomic mass is 16.5. The molecule has 3 atom stereocenters. The van der Waals surface area contributed by atoms with Gasteiger partial charge in [-0.2, -0.15) is 0 Å². The van der Waals surface area contributed by atoms with Crippen molar-refractivity contribution in [1.29, 1.82) is 0 Å². The fraction of sp³-hybridized carbons (Fsp3) is 1.00. The van der Waals surface area contributed by atoms with Crippen LogP contribution in [0.3, 0.4) is 0 Å². The van der Waals surface area contributed by atoms with E-state index < -0.39 is 0 Å². The van der Waals surface area contributed by atoms with Crippen molar-refractivity contribution in [2.75, 3.05) is 26.2 Å². The van der Waals surface area contributed by atoms with Gasteiger partial charge >= 0.3 is 0 Å². The number of hydrogen-bond donors (Lipinski definition) is 2. The van der Waals surface area contributed by atoms with Crippen LogP contribution in [0.15, 0.2) is 0 Å². The van der Waals surface area contributed by atoms with Gasteiger partial charge in [-0.15, -0.1) is 0 Å². The van der Waals surface area contributed by atoms with Crippen LogP contribution in [0.4, 0.5) is 0 Å². The fourth-order valence-corrected chi connectivity index (χ4v) is 3.55. The maximum Gasteiger partial charge on any atom is 0.0655 e. The zero-order chi connectivity index (χ0) is 13.7. The molecule has 0 spiro atoms. The molecule has 1 aliphatic heterocycles. The SMILES string of the molecule is CCOC1CC(NCCCC2CCCNC2)C1(C)C. The van der Waals surface area contributed by atoms with Gasteiger partial charge in [-0.05, 0) is 64.6 Å². The maximum absolute atomic E-state index is 5.78. The highest BCUT2D eigenvalue weighted by Gasteiger charge is 2.48. The lowest BCUT2D eigenvalue weighted by Crippen LogP contribution is -2.61. The van der Waals surface area contributed by atoms with Crippen LogP contribution in [-0.4, -0.2) is 38.4 Å². The first-order valence-corrected chi connectivity index (χ1v) is 8.20. The van der Waals surface area contributed by atoms with Crippen LogP contribution in [-0.2, 0) is 4.74 Å². The highest BCUT2D eigenvalue weighted by molar-refractivity contribution is 5.02. The average molecular weight is 268 g/mol. The van der Waals surface area contributed by atoms with E-state index in [-0.39, 0.29) is 0 Å². The number of hydrogen-bond acceptors (Lipinski definition) is 3. The smallest absolute Gasteiger partial charge is 0.0655 e. The van der Waals surface area contributed by atoms with Crippen LogP contribution < -0.4 is 10.6 Å². The molecule has 3 heteroatoms. The zero-order valence-corrected chi connectivity index (χ0v) is 13.0. The van der Waals surface area contributed by atoms with Crippen molar-refractivity contribution in [3.8, 4) is 0 Å². The summed E-state index contributed by atoms with van der Waals surface area (Å²) in [6.45, 7) is 11.2. The van der Waals surface area contributed by atoms with E-state index in [9.17, 15) is 0 Å². The Morgan fingerprint density at radius 3 is 2.84 bits per heavy atom. The minimum atomic E-state index is 0.308. The molecule has 0 radical (unpaired) electrons. The van der Waals surface area contributed by atoms with Gasteiger partial charge in [0.25, 0.3) is 0 Å². The third-order valence-electron chi connectivity index (χ3n) is 5.12. The quantitative estimate of drug-likeness (QED) is 0.696. The van der Waals surface area contributed by atoms with Gasteiger partial charge in [0.15, 0.2) is 0 Å². The number of ether oxygens (including phenoxy) is 1. The predicted molar refractivity (Wildman–Crippen MR) is 80.4 cm³/mol. The van der Waals surface area contributed by atoms with Crippen molar-refractivity contribution in [1.82, 2.24) is 10.6 Å². The van der Waals surface area contributed by atoms with Crippen LogP contribution in [0.25, 0.3) is 0 Å². The van der Waals surface area contributed by atoms with Gasteiger partial charge in [0.2, 0.25) is 0 Å². The molecule has 0 aromatic heterocycles. The lowest BCUT2D eigenvalue weighted by Gasteiger charge is -2.52. The monoisotopic (exact) mass is 268 g/mol. The summed E-state index contributed by atoms with van der Waals surface area (Å²) >= 11 is 0. The molecule has 2 rings (SSSR count). The number of nitrogens with one attached hydrogen (secondary N) is 2. The van der Waals surface area contributed by atoms with Crippen LogP contribution in [0.2, 0.25) is 0 Å². The van der Waals surface area contributed by atoms with Gasteiger partial charge in [-0.3, -0.25) is 0 Å². The van der Waals surface area contributed by atoms with E-state index >= 15 is 0 Å². The largest absolute Gasteiger partial charge is 0.378 e. The Balaban J connectivity index is 1.56. The predicted octanol–water partition coefficient (Wildman–Crippen LogP) is 2.56. The molecule has 3 unspecified atom stereocenters. The topological polar surface area (TPSA) is 33.3 Å². The molecular weight excluding hydrogens is 236 g/mol. The Hall–Kier alpha value is -0.120. The molecule has 0 amide bonds. The van der Waals surface area contributed by atoms with E-state index in [1.165, 1.54) is 51.7 Å². The Labute approximate surface area is 118 Å². The molecule has 112 valence electrons. The molecule has 0 aromatic rings. The second kappa shape index (κ2) is 7.05. The first-order valence-electron chi connectivity index (χ1n) is 8.20. The van der Waals surface area contributed by atoms with E-state index in [0.29, 0.717) is 17.6 Å². The third kappa shape index (κ3) is 3.93. The van der Waals surface area contributed by atoms with Crippen LogP contribution >= 0.6 is 0 Å². The van der Waals surface area contributed by atoms with Gasteiger partial charge in [0, 0.05) is 18.1 Å². The summed E-state index contributed by atoms with van der Waals surface area (Å²) in [5.41, 5.74) is 0.308. The van der Waals surface area contributed by atoms with Crippen molar-refractivity contribution >= 4 is 0 Å². The molecule has 2 N–H and O–H groups in total. The minimum absolute atomic E-state index is 0.308. The number of rotatable bonds is 7. The van der Waals surface area contributed by atoms with Gasteiger partial charge in [-0.1, -0.05) is 13.8 Å². The molecule has 1 heterocycles. The van der Waals surface area contributed by atoms with E-state index in [2.05, 4.69) is 31.4 Å². The molecule has 1 aliphatic carbocycles.